The largest absolute Gasteiger partial charge is 0.380 e. The van der Waals surface area contributed by atoms with E-state index < -0.39 is 5.60 Å². The van der Waals surface area contributed by atoms with Gasteiger partial charge in [-0.25, -0.2) is 0 Å². The van der Waals surface area contributed by atoms with Crippen molar-refractivity contribution in [2.75, 3.05) is 19.6 Å². The Kier molecular flexibility index (Phi) is 5.09. The molecule has 30 heavy (non-hydrogen) atoms. The monoisotopic (exact) mass is 462 g/mol. The molecule has 3 aromatic carbocycles. The predicted octanol–water partition coefficient (Wildman–Crippen LogP) is 5.89. The van der Waals surface area contributed by atoms with Crippen LogP contribution in [0.15, 0.2) is 89.4 Å². The van der Waals surface area contributed by atoms with Crippen molar-refractivity contribution in [1.82, 2.24) is 0 Å². The van der Waals surface area contributed by atoms with Crippen LogP contribution in [0.4, 0.5) is 0 Å². The summed E-state index contributed by atoms with van der Waals surface area (Å²) >= 11 is 3.62. The second-order valence-electron chi connectivity index (χ2n) is 9.27. The smallest absolute Gasteiger partial charge is 0.121 e. The van der Waals surface area contributed by atoms with Gasteiger partial charge in [-0.2, -0.15) is 0 Å². The molecule has 3 fully saturated rings. The zero-order chi connectivity index (χ0) is 20.7. The molecular formula is C27H29BrNO+. The summed E-state index contributed by atoms with van der Waals surface area (Å²) in [5.74, 6) is 0. The quantitative estimate of drug-likeness (QED) is 0.468. The summed E-state index contributed by atoms with van der Waals surface area (Å²) in [6.45, 7) is 4.49. The maximum Gasteiger partial charge on any atom is 0.121 e. The van der Waals surface area contributed by atoms with Crippen LogP contribution in [0.1, 0.15) is 36.0 Å². The van der Waals surface area contributed by atoms with Crippen LogP contribution in [0.3, 0.4) is 0 Å². The van der Waals surface area contributed by atoms with Crippen molar-refractivity contribution in [3.63, 3.8) is 0 Å². The molecule has 0 atom stereocenters. The van der Waals surface area contributed by atoms with Crippen LogP contribution >= 0.6 is 15.9 Å². The van der Waals surface area contributed by atoms with Crippen molar-refractivity contribution >= 4 is 15.9 Å². The molecule has 0 aromatic heterocycles. The fourth-order valence-electron chi connectivity index (χ4n) is 6.00. The molecule has 0 saturated carbocycles. The number of rotatable bonds is 5. The molecule has 0 spiro atoms. The van der Waals surface area contributed by atoms with Gasteiger partial charge in [0.15, 0.2) is 0 Å². The van der Waals surface area contributed by atoms with Gasteiger partial charge in [-0.3, -0.25) is 0 Å². The van der Waals surface area contributed by atoms with E-state index in [1.165, 1.54) is 5.56 Å². The van der Waals surface area contributed by atoms with Crippen LogP contribution in [0, 0.1) is 5.41 Å². The van der Waals surface area contributed by atoms with Gasteiger partial charge >= 0.3 is 0 Å². The average molecular weight is 463 g/mol. The van der Waals surface area contributed by atoms with E-state index in [1.807, 2.05) is 12.1 Å². The van der Waals surface area contributed by atoms with Gasteiger partial charge in [-0.15, -0.1) is 0 Å². The lowest BCUT2D eigenvalue weighted by atomic mass is 9.56. The summed E-state index contributed by atoms with van der Waals surface area (Å²) in [6.07, 6.45) is 3.17. The normalized spacial score (nSPS) is 25.9. The maximum absolute atomic E-state index is 12.5. The van der Waals surface area contributed by atoms with Gasteiger partial charge in [0.2, 0.25) is 0 Å². The zero-order valence-corrected chi connectivity index (χ0v) is 18.9. The molecule has 0 amide bonds. The minimum atomic E-state index is -0.943. The summed E-state index contributed by atoms with van der Waals surface area (Å²) in [6, 6.07) is 29.5. The zero-order valence-electron chi connectivity index (χ0n) is 17.3. The average Bonchev–Trinajstić information content (AvgIpc) is 2.81. The first kappa shape index (κ1) is 20.0. The highest BCUT2D eigenvalue weighted by molar-refractivity contribution is 9.10. The molecule has 3 aliphatic rings. The summed E-state index contributed by atoms with van der Waals surface area (Å²) < 4.78 is 2.31. The Morgan fingerprint density at radius 2 is 1.30 bits per heavy atom. The van der Waals surface area contributed by atoms with E-state index in [0.717, 1.165) is 65.5 Å². The Balaban J connectivity index is 1.48. The van der Waals surface area contributed by atoms with Gasteiger partial charge in [0.05, 0.1) is 19.6 Å². The molecule has 1 N–H and O–H groups in total. The molecule has 3 aromatic rings. The fraction of sp³-hybridized carbons (Fsp3) is 0.333. The molecule has 3 heterocycles. The third-order valence-corrected chi connectivity index (χ3v) is 8.24. The van der Waals surface area contributed by atoms with Crippen LogP contribution in [-0.4, -0.2) is 29.2 Å². The number of piperidine rings is 3. The number of aliphatic hydroxyl groups is 1. The first-order chi connectivity index (χ1) is 14.6. The van der Waals surface area contributed by atoms with Gasteiger partial charge in [0.1, 0.15) is 12.1 Å². The van der Waals surface area contributed by atoms with E-state index in [2.05, 4.69) is 88.7 Å². The van der Waals surface area contributed by atoms with Gasteiger partial charge in [0.25, 0.3) is 0 Å². The number of quaternary nitrogens is 1. The molecule has 2 bridgehead atoms. The van der Waals surface area contributed by atoms with Gasteiger partial charge in [-0.1, -0.05) is 88.7 Å². The first-order valence-electron chi connectivity index (χ1n) is 11.0. The lowest BCUT2D eigenvalue weighted by Crippen LogP contribution is -2.66. The van der Waals surface area contributed by atoms with Gasteiger partial charge < -0.3 is 9.59 Å². The molecule has 3 heteroatoms. The number of hydrogen-bond acceptors (Lipinski definition) is 1. The van der Waals surface area contributed by atoms with Crippen molar-refractivity contribution < 1.29 is 9.59 Å². The minimum absolute atomic E-state index is 0.104. The van der Waals surface area contributed by atoms with E-state index in [9.17, 15) is 5.11 Å². The highest BCUT2D eigenvalue weighted by Gasteiger charge is 2.60. The lowest BCUT2D eigenvalue weighted by molar-refractivity contribution is -0.958. The van der Waals surface area contributed by atoms with Crippen molar-refractivity contribution in [3.05, 3.63) is 106 Å². The summed E-state index contributed by atoms with van der Waals surface area (Å²) in [7, 11) is 0. The van der Waals surface area contributed by atoms with Gasteiger partial charge in [0, 0.05) is 34.7 Å². The lowest BCUT2D eigenvalue weighted by Gasteiger charge is -2.60. The van der Waals surface area contributed by atoms with E-state index in [4.69, 9.17) is 0 Å². The summed E-state index contributed by atoms with van der Waals surface area (Å²) in [5, 5.41) is 12.5. The Morgan fingerprint density at radius 1 is 0.767 bits per heavy atom. The Morgan fingerprint density at radius 3 is 1.80 bits per heavy atom. The molecule has 0 radical (unpaired) electrons. The second kappa shape index (κ2) is 7.64. The first-order valence-corrected chi connectivity index (χ1v) is 11.8. The Hall–Kier alpha value is -1.94. The molecule has 3 aliphatic heterocycles. The van der Waals surface area contributed by atoms with E-state index >= 15 is 0 Å². The number of hydrogen-bond donors (Lipinski definition) is 1. The molecule has 154 valence electrons. The van der Waals surface area contributed by atoms with Gasteiger partial charge in [-0.05, 0) is 23.3 Å². The van der Waals surface area contributed by atoms with Crippen molar-refractivity contribution in [2.24, 2.45) is 5.41 Å². The van der Waals surface area contributed by atoms with E-state index in [0.29, 0.717) is 0 Å². The van der Waals surface area contributed by atoms with Crippen molar-refractivity contribution in [3.8, 4) is 0 Å². The number of nitrogens with zero attached hydrogens (tertiary/aromatic N) is 1. The van der Waals surface area contributed by atoms with Crippen molar-refractivity contribution in [2.45, 2.75) is 31.4 Å². The Bertz CT molecular complexity index is 953. The second-order valence-corrected chi connectivity index (χ2v) is 10.2. The highest BCUT2D eigenvalue weighted by atomic mass is 79.9. The SMILES string of the molecule is OC(c1ccccc1)(c1ccccc1)C12CC[N+](Cc3cccc(Br)c3)(CC1)CC2. The summed E-state index contributed by atoms with van der Waals surface area (Å²) in [4.78, 5) is 0. The molecular weight excluding hydrogens is 434 g/mol. The predicted molar refractivity (Wildman–Crippen MR) is 125 cm³/mol. The third-order valence-electron chi connectivity index (χ3n) is 7.75. The van der Waals surface area contributed by atoms with E-state index in [1.54, 1.807) is 0 Å². The van der Waals surface area contributed by atoms with Crippen LogP contribution < -0.4 is 0 Å². The maximum atomic E-state index is 12.5. The molecule has 0 unspecified atom stereocenters. The molecule has 0 aliphatic carbocycles. The number of halogens is 1. The number of benzene rings is 3. The number of fused-ring (bicyclic) bond motifs is 3. The third kappa shape index (κ3) is 3.24. The van der Waals surface area contributed by atoms with E-state index in [-0.39, 0.29) is 5.41 Å². The van der Waals surface area contributed by atoms with Crippen LogP contribution in [0.5, 0.6) is 0 Å². The summed E-state index contributed by atoms with van der Waals surface area (Å²) in [5.41, 5.74) is 2.42. The van der Waals surface area contributed by atoms with Crippen LogP contribution in [0.2, 0.25) is 0 Å². The molecule has 2 nitrogen and oxygen atoms in total. The topological polar surface area (TPSA) is 20.2 Å². The minimum Gasteiger partial charge on any atom is -0.380 e. The van der Waals surface area contributed by atoms with Crippen molar-refractivity contribution in [1.29, 1.82) is 0 Å². The fourth-order valence-corrected chi connectivity index (χ4v) is 6.45. The standard InChI is InChI=1S/C27H29BrNO/c28-25-13-7-8-22(20-25)21-29-17-14-26(15-18-29,16-19-29)27(30,23-9-3-1-4-10-23)24-11-5-2-6-12-24/h1-13,20,30H,14-19,21H2/q+1. The van der Waals surface area contributed by atoms with Crippen LogP contribution in [0.25, 0.3) is 0 Å². The highest BCUT2D eigenvalue weighted by Crippen LogP contribution is 2.57. The Labute approximate surface area is 187 Å². The van der Waals surface area contributed by atoms with Crippen LogP contribution in [-0.2, 0) is 12.1 Å². The molecule has 3 saturated heterocycles. The molecule has 6 rings (SSSR count).